The molecule has 0 unspecified atom stereocenters. The first-order valence-corrected chi connectivity index (χ1v) is 6.25. The van der Waals surface area contributed by atoms with Crippen LogP contribution in [0.4, 0.5) is 0 Å². The van der Waals surface area contributed by atoms with Crippen molar-refractivity contribution in [2.24, 2.45) is 0 Å². The highest BCUT2D eigenvalue weighted by molar-refractivity contribution is 5.66. The molecule has 4 nitrogen and oxygen atoms in total. The Labute approximate surface area is 112 Å². The summed E-state index contributed by atoms with van der Waals surface area (Å²) >= 11 is 0. The number of pyridine rings is 1. The highest BCUT2D eigenvalue weighted by Crippen LogP contribution is 2.28. The van der Waals surface area contributed by atoms with Crippen molar-refractivity contribution in [3.8, 4) is 22.6 Å². The number of aliphatic hydroxyl groups excluding tert-OH is 1. The van der Waals surface area contributed by atoms with Gasteiger partial charge in [-0.05, 0) is 30.2 Å². The molecule has 0 aliphatic heterocycles. The van der Waals surface area contributed by atoms with Gasteiger partial charge < -0.3 is 14.9 Å². The van der Waals surface area contributed by atoms with Crippen LogP contribution in [0.15, 0.2) is 36.7 Å². The van der Waals surface area contributed by atoms with Gasteiger partial charge in [0.25, 0.3) is 0 Å². The van der Waals surface area contributed by atoms with Gasteiger partial charge in [-0.3, -0.25) is 4.98 Å². The summed E-state index contributed by atoms with van der Waals surface area (Å²) in [5.74, 6) is 0.815. The molecule has 0 amide bonds. The van der Waals surface area contributed by atoms with Crippen LogP contribution < -0.4 is 4.74 Å². The van der Waals surface area contributed by atoms with Gasteiger partial charge in [-0.15, -0.1) is 0 Å². The lowest BCUT2D eigenvalue weighted by Crippen LogP contribution is -1.99. The lowest BCUT2D eigenvalue weighted by molar-refractivity contribution is 0.263. The summed E-state index contributed by atoms with van der Waals surface area (Å²) in [5, 5.41) is 18.8. The Morgan fingerprint density at radius 2 is 2.00 bits per heavy atom. The van der Waals surface area contributed by atoms with Crippen molar-refractivity contribution in [1.82, 2.24) is 4.98 Å². The number of benzene rings is 1. The number of rotatable bonds is 5. The van der Waals surface area contributed by atoms with Crippen LogP contribution in [-0.2, 0) is 6.61 Å². The second kappa shape index (κ2) is 6.20. The molecule has 2 N–H and O–H groups in total. The number of aromatic hydroxyl groups is 1. The predicted molar refractivity (Wildman–Crippen MR) is 73.0 cm³/mol. The fourth-order valence-electron chi connectivity index (χ4n) is 1.82. The average molecular weight is 259 g/mol. The number of ether oxygens (including phenoxy) is 1. The van der Waals surface area contributed by atoms with Gasteiger partial charge >= 0.3 is 0 Å². The summed E-state index contributed by atoms with van der Waals surface area (Å²) in [7, 11) is 0. The minimum absolute atomic E-state index is 0.0842. The maximum atomic E-state index is 9.44. The SMILES string of the molecule is CCCOc1ccc(-c2cncc(O)c2)cc1CO. The zero-order valence-corrected chi connectivity index (χ0v) is 10.8. The Balaban J connectivity index is 2.33. The van der Waals surface area contributed by atoms with Gasteiger partial charge in [-0.1, -0.05) is 13.0 Å². The second-order valence-electron chi connectivity index (χ2n) is 4.26. The van der Waals surface area contributed by atoms with Crippen molar-refractivity contribution in [3.63, 3.8) is 0 Å². The molecule has 0 fully saturated rings. The van der Waals surface area contributed by atoms with E-state index in [-0.39, 0.29) is 12.4 Å². The standard InChI is InChI=1S/C15H17NO3/c1-2-5-19-15-4-3-11(6-13(15)10-17)12-7-14(18)9-16-8-12/h3-4,6-9,17-18H,2,5,10H2,1H3. The number of aliphatic hydroxyl groups is 1. The van der Waals surface area contributed by atoms with Crippen LogP contribution in [0.5, 0.6) is 11.5 Å². The van der Waals surface area contributed by atoms with Crippen molar-refractivity contribution in [3.05, 3.63) is 42.2 Å². The summed E-state index contributed by atoms with van der Waals surface area (Å²) in [6.07, 6.45) is 3.97. The molecule has 0 radical (unpaired) electrons. The predicted octanol–water partition coefficient (Wildman–Crippen LogP) is 2.74. The third kappa shape index (κ3) is 3.23. The number of hydrogen-bond donors (Lipinski definition) is 2. The van der Waals surface area contributed by atoms with Crippen LogP contribution in [0.25, 0.3) is 11.1 Å². The zero-order valence-electron chi connectivity index (χ0n) is 10.8. The Hall–Kier alpha value is -2.07. The van der Waals surface area contributed by atoms with Crippen LogP contribution in [0.1, 0.15) is 18.9 Å². The largest absolute Gasteiger partial charge is 0.506 e. The molecular formula is C15H17NO3. The smallest absolute Gasteiger partial charge is 0.134 e. The molecular weight excluding hydrogens is 242 g/mol. The van der Waals surface area contributed by atoms with Crippen molar-refractivity contribution in [1.29, 1.82) is 0 Å². The molecule has 0 atom stereocenters. The summed E-state index contributed by atoms with van der Waals surface area (Å²) in [4.78, 5) is 3.94. The van der Waals surface area contributed by atoms with Gasteiger partial charge in [-0.2, -0.15) is 0 Å². The normalized spacial score (nSPS) is 10.4. The molecule has 2 rings (SSSR count). The molecule has 4 heteroatoms. The highest BCUT2D eigenvalue weighted by atomic mass is 16.5. The van der Waals surface area contributed by atoms with Crippen molar-refractivity contribution >= 4 is 0 Å². The first-order valence-electron chi connectivity index (χ1n) is 6.25. The summed E-state index contributed by atoms with van der Waals surface area (Å²) < 4.78 is 5.57. The molecule has 19 heavy (non-hydrogen) atoms. The lowest BCUT2D eigenvalue weighted by Gasteiger charge is -2.11. The molecule has 1 aromatic heterocycles. The van der Waals surface area contributed by atoms with E-state index in [1.165, 1.54) is 6.20 Å². The molecule has 100 valence electrons. The van der Waals surface area contributed by atoms with Gasteiger partial charge in [0.2, 0.25) is 0 Å². The first-order chi connectivity index (χ1) is 9.24. The average Bonchev–Trinajstić information content (AvgIpc) is 2.45. The van der Waals surface area contributed by atoms with E-state index >= 15 is 0 Å². The van der Waals surface area contributed by atoms with E-state index in [9.17, 15) is 10.2 Å². The second-order valence-corrected chi connectivity index (χ2v) is 4.26. The van der Waals surface area contributed by atoms with Gasteiger partial charge in [0.1, 0.15) is 11.5 Å². The Morgan fingerprint density at radius 3 is 2.68 bits per heavy atom. The van der Waals surface area contributed by atoms with Crippen molar-refractivity contribution in [2.75, 3.05) is 6.61 Å². The number of aromatic nitrogens is 1. The third-order valence-corrected chi connectivity index (χ3v) is 2.75. The summed E-state index contributed by atoms with van der Waals surface area (Å²) in [6, 6.07) is 7.21. The highest BCUT2D eigenvalue weighted by Gasteiger charge is 2.06. The molecule has 0 aliphatic rings. The quantitative estimate of drug-likeness (QED) is 0.866. The van der Waals surface area contributed by atoms with Gasteiger partial charge in [0, 0.05) is 17.3 Å². The van der Waals surface area contributed by atoms with Gasteiger partial charge in [-0.25, -0.2) is 0 Å². The molecule has 1 aromatic carbocycles. The summed E-state index contributed by atoms with van der Waals surface area (Å²) in [6.45, 7) is 2.57. The van der Waals surface area contributed by atoms with E-state index in [0.717, 1.165) is 23.1 Å². The molecule has 1 heterocycles. The number of hydrogen-bond acceptors (Lipinski definition) is 4. The van der Waals surface area contributed by atoms with Gasteiger partial charge in [0.15, 0.2) is 0 Å². The third-order valence-electron chi connectivity index (χ3n) is 2.75. The van der Waals surface area contributed by atoms with Crippen molar-refractivity contribution < 1.29 is 14.9 Å². The molecule has 0 spiro atoms. The minimum atomic E-state index is -0.0842. The van der Waals surface area contributed by atoms with E-state index in [1.807, 2.05) is 25.1 Å². The van der Waals surface area contributed by atoms with Crippen LogP contribution >= 0.6 is 0 Å². The Morgan fingerprint density at radius 1 is 1.16 bits per heavy atom. The number of nitrogens with zero attached hydrogens (tertiary/aromatic N) is 1. The van der Waals surface area contributed by atoms with Crippen LogP contribution in [0.3, 0.4) is 0 Å². The Bertz CT molecular complexity index is 555. The first kappa shape index (κ1) is 13.4. The maximum Gasteiger partial charge on any atom is 0.134 e. The fraction of sp³-hybridized carbons (Fsp3) is 0.267. The van der Waals surface area contributed by atoms with E-state index in [0.29, 0.717) is 12.4 Å². The molecule has 0 aliphatic carbocycles. The van der Waals surface area contributed by atoms with E-state index < -0.39 is 0 Å². The van der Waals surface area contributed by atoms with E-state index in [4.69, 9.17) is 4.74 Å². The van der Waals surface area contributed by atoms with Crippen LogP contribution in [0, 0.1) is 0 Å². The lowest BCUT2D eigenvalue weighted by atomic mass is 10.0. The molecule has 0 saturated heterocycles. The molecule has 2 aromatic rings. The monoisotopic (exact) mass is 259 g/mol. The zero-order chi connectivity index (χ0) is 13.7. The van der Waals surface area contributed by atoms with E-state index in [1.54, 1.807) is 12.3 Å². The Kier molecular flexibility index (Phi) is 4.36. The minimum Gasteiger partial charge on any atom is -0.506 e. The fourth-order valence-corrected chi connectivity index (χ4v) is 1.82. The topological polar surface area (TPSA) is 62.6 Å². The van der Waals surface area contributed by atoms with Crippen molar-refractivity contribution in [2.45, 2.75) is 20.0 Å². The van der Waals surface area contributed by atoms with E-state index in [2.05, 4.69) is 4.98 Å². The van der Waals surface area contributed by atoms with Gasteiger partial charge in [0.05, 0.1) is 19.4 Å². The van der Waals surface area contributed by atoms with Crippen LogP contribution in [0.2, 0.25) is 0 Å². The molecule has 0 saturated carbocycles. The summed E-state index contributed by atoms with van der Waals surface area (Å²) in [5.41, 5.74) is 2.42. The maximum absolute atomic E-state index is 9.44. The molecule has 0 bridgehead atoms. The van der Waals surface area contributed by atoms with Crippen LogP contribution in [-0.4, -0.2) is 21.8 Å².